The van der Waals surface area contributed by atoms with Gasteiger partial charge in [0.15, 0.2) is 5.78 Å². The standard InChI is InChI=1S/C32H32N2O3/c1-4-6-26-24(22-7-5-8-23(13-22)27(35)18-32-15-20(16-32)17-32)14-25-28(30(36)33-3)29(37-31(25)34-26)21-11-9-19(2)10-12-21/h5,7-14,20H,4,6,15-18H2,1-3H3,(H,33,36). The highest BCUT2D eigenvalue weighted by molar-refractivity contribution is 6.11. The maximum atomic E-state index is 13.2. The molecule has 1 N–H and O–H groups in total. The average Bonchev–Trinajstić information content (AvgIpc) is 3.23. The Labute approximate surface area is 217 Å². The van der Waals surface area contributed by atoms with Gasteiger partial charge in [-0.05, 0) is 61.6 Å². The number of nitrogens with zero attached hydrogens (tertiary/aromatic N) is 1. The summed E-state index contributed by atoms with van der Waals surface area (Å²) in [5, 5.41) is 3.45. The van der Waals surface area contributed by atoms with E-state index in [0.29, 0.717) is 28.8 Å². The van der Waals surface area contributed by atoms with Gasteiger partial charge >= 0.3 is 0 Å². The van der Waals surface area contributed by atoms with E-state index in [9.17, 15) is 9.59 Å². The summed E-state index contributed by atoms with van der Waals surface area (Å²) in [6.45, 7) is 4.15. The van der Waals surface area contributed by atoms with E-state index < -0.39 is 0 Å². The molecule has 2 aromatic carbocycles. The maximum Gasteiger partial charge on any atom is 0.255 e. The molecule has 5 nitrogen and oxygen atoms in total. The summed E-state index contributed by atoms with van der Waals surface area (Å²) in [6.07, 6.45) is 5.98. The zero-order valence-electron chi connectivity index (χ0n) is 21.7. The highest BCUT2D eigenvalue weighted by atomic mass is 16.3. The fourth-order valence-electron chi connectivity index (χ4n) is 6.17. The summed E-state index contributed by atoms with van der Waals surface area (Å²) in [6, 6.07) is 17.9. The summed E-state index contributed by atoms with van der Waals surface area (Å²) in [5.41, 5.74) is 6.73. The van der Waals surface area contributed by atoms with Gasteiger partial charge in [0.2, 0.25) is 5.71 Å². The predicted molar refractivity (Wildman–Crippen MR) is 146 cm³/mol. The van der Waals surface area contributed by atoms with Gasteiger partial charge in [0, 0.05) is 30.2 Å². The molecule has 3 fully saturated rings. The van der Waals surface area contributed by atoms with Crippen molar-refractivity contribution in [2.75, 3.05) is 7.05 Å². The number of pyridine rings is 1. The number of benzene rings is 2. The molecule has 37 heavy (non-hydrogen) atoms. The van der Waals surface area contributed by atoms with Crippen LogP contribution in [-0.4, -0.2) is 23.7 Å². The Balaban J connectivity index is 1.46. The first-order valence-corrected chi connectivity index (χ1v) is 13.3. The fraction of sp³-hybridized carbons (Fsp3) is 0.344. The van der Waals surface area contributed by atoms with E-state index >= 15 is 0 Å². The second kappa shape index (κ2) is 8.98. The number of rotatable bonds is 8. The summed E-state index contributed by atoms with van der Waals surface area (Å²) >= 11 is 0. The van der Waals surface area contributed by atoms with Crippen LogP contribution in [0.25, 0.3) is 33.6 Å². The van der Waals surface area contributed by atoms with E-state index in [0.717, 1.165) is 52.3 Å². The molecule has 188 valence electrons. The monoisotopic (exact) mass is 492 g/mol. The van der Waals surface area contributed by atoms with Crippen LogP contribution in [-0.2, 0) is 6.42 Å². The summed E-state index contributed by atoms with van der Waals surface area (Å²) < 4.78 is 6.24. The third-order valence-corrected chi connectivity index (χ3v) is 8.21. The number of ketones is 1. The number of aromatic nitrogens is 1. The SMILES string of the molecule is CCCc1nc2oc(-c3ccc(C)cc3)c(C(=O)NC)c2cc1-c1cccc(C(=O)CC23CC(C2)C3)c1. The molecule has 0 radical (unpaired) electrons. The van der Waals surface area contributed by atoms with Crippen LogP contribution in [0.1, 0.15) is 71.0 Å². The second-order valence-electron chi connectivity index (χ2n) is 11.0. The first-order valence-electron chi connectivity index (χ1n) is 13.3. The molecular formula is C32H32N2O3. The Kier molecular flexibility index (Phi) is 5.74. The number of furan rings is 1. The highest BCUT2D eigenvalue weighted by Gasteiger charge is 2.56. The van der Waals surface area contributed by atoms with Crippen molar-refractivity contribution in [2.45, 2.75) is 52.4 Å². The van der Waals surface area contributed by atoms with E-state index in [4.69, 9.17) is 9.40 Å². The zero-order valence-corrected chi connectivity index (χ0v) is 21.7. The lowest BCUT2D eigenvalue weighted by Gasteiger charge is -2.62. The van der Waals surface area contributed by atoms with E-state index in [1.54, 1.807) is 7.05 Å². The van der Waals surface area contributed by atoms with Crippen LogP contribution >= 0.6 is 0 Å². The molecule has 2 bridgehead atoms. The van der Waals surface area contributed by atoms with Crippen LogP contribution in [0.15, 0.2) is 59.0 Å². The topological polar surface area (TPSA) is 72.2 Å². The number of aryl methyl sites for hydroxylation is 2. The second-order valence-corrected chi connectivity index (χ2v) is 11.0. The van der Waals surface area contributed by atoms with Crippen molar-refractivity contribution >= 4 is 22.8 Å². The number of nitrogens with one attached hydrogen (secondary N) is 1. The van der Waals surface area contributed by atoms with Crippen molar-refractivity contribution in [1.29, 1.82) is 0 Å². The van der Waals surface area contributed by atoms with Gasteiger partial charge in [-0.15, -0.1) is 0 Å². The summed E-state index contributed by atoms with van der Waals surface area (Å²) in [4.78, 5) is 31.2. The quantitative estimate of drug-likeness (QED) is 0.265. The summed E-state index contributed by atoms with van der Waals surface area (Å²) in [7, 11) is 1.63. The van der Waals surface area contributed by atoms with Gasteiger partial charge in [-0.2, -0.15) is 0 Å². The molecule has 3 aliphatic carbocycles. The normalized spacial score (nSPS) is 19.8. The van der Waals surface area contributed by atoms with Crippen molar-refractivity contribution in [3.05, 3.63) is 77.0 Å². The minimum Gasteiger partial charge on any atom is -0.437 e. The molecule has 0 unspecified atom stereocenters. The van der Waals surface area contributed by atoms with E-state index in [1.807, 2.05) is 61.5 Å². The molecule has 2 aromatic heterocycles. The number of fused-ring (bicyclic) bond motifs is 1. The van der Waals surface area contributed by atoms with Gasteiger partial charge in [0.25, 0.3) is 5.91 Å². The Morgan fingerprint density at radius 3 is 2.46 bits per heavy atom. The number of hydrogen-bond acceptors (Lipinski definition) is 4. The Bertz CT molecular complexity index is 1510. The van der Waals surface area contributed by atoms with Crippen molar-refractivity contribution in [3.63, 3.8) is 0 Å². The number of Topliss-reactive ketones (excluding diaryl/α,β-unsaturated/α-hetero) is 1. The van der Waals surface area contributed by atoms with Crippen LogP contribution in [0.3, 0.4) is 0 Å². The lowest BCUT2D eigenvalue weighted by atomic mass is 9.43. The lowest BCUT2D eigenvalue weighted by Crippen LogP contribution is -2.52. The number of hydrogen-bond donors (Lipinski definition) is 1. The van der Waals surface area contributed by atoms with E-state index in [-0.39, 0.29) is 17.1 Å². The molecule has 0 aliphatic heterocycles. The first kappa shape index (κ1) is 23.7. The largest absolute Gasteiger partial charge is 0.437 e. The molecule has 4 aromatic rings. The molecule has 3 saturated carbocycles. The maximum absolute atomic E-state index is 13.2. The van der Waals surface area contributed by atoms with Gasteiger partial charge < -0.3 is 9.73 Å². The van der Waals surface area contributed by atoms with Crippen molar-refractivity contribution in [2.24, 2.45) is 11.3 Å². The highest BCUT2D eigenvalue weighted by Crippen LogP contribution is 2.66. The van der Waals surface area contributed by atoms with Gasteiger partial charge in [0.1, 0.15) is 5.76 Å². The Morgan fingerprint density at radius 2 is 1.81 bits per heavy atom. The molecule has 2 heterocycles. The fourth-order valence-corrected chi connectivity index (χ4v) is 6.17. The molecule has 3 aliphatic rings. The van der Waals surface area contributed by atoms with Crippen LogP contribution in [0.4, 0.5) is 0 Å². The van der Waals surface area contributed by atoms with Crippen molar-refractivity contribution in [3.8, 4) is 22.5 Å². The molecule has 7 rings (SSSR count). The van der Waals surface area contributed by atoms with Gasteiger partial charge in [-0.1, -0.05) is 61.4 Å². The number of amides is 1. The van der Waals surface area contributed by atoms with Gasteiger partial charge in [0.05, 0.1) is 16.6 Å². The third kappa shape index (κ3) is 4.07. The molecule has 0 saturated heterocycles. The molecule has 0 spiro atoms. The molecule has 1 amide bonds. The lowest BCUT2D eigenvalue weighted by molar-refractivity contribution is -0.103. The first-order chi connectivity index (χ1) is 17.9. The van der Waals surface area contributed by atoms with Crippen molar-refractivity contribution < 1.29 is 14.0 Å². The van der Waals surface area contributed by atoms with Gasteiger partial charge in [-0.3, -0.25) is 9.59 Å². The molecule has 0 atom stereocenters. The summed E-state index contributed by atoms with van der Waals surface area (Å²) in [5.74, 6) is 1.39. The average molecular weight is 493 g/mol. The van der Waals surface area contributed by atoms with Gasteiger partial charge in [-0.25, -0.2) is 4.98 Å². The number of carbonyl (C=O) groups is 2. The Hall–Kier alpha value is -3.73. The number of carbonyl (C=O) groups excluding carboxylic acids is 2. The minimum absolute atomic E-state index is 0.215. The van der Waals surface area contributed by atoms with Crippen LogP contribution in [0.2, 0.25) is 0 Å². The van der Waals surface area contributed by atoms with Crippen LogP contribution < -0.4 is 5.32 Å². The van der Waals surface area contributed by atoms with Crippen molar-refractivity contribution in [1.82, 2.24) is 10.3 Å². The smallest absolute Gasteiger partial charge is 0.255 e. The van der Waals surface area contributed by atoms with E-state index in [1.165, 1.54) is 19.3 Å². The molecule has 5 heteroatoms. The van der Waals surface area contributed by atoms with E-state index in [2.05, 4.69) is 12.2 Å². The third-order valence-electron chi connectivity index (χ3n) is 8.21. The zero-order chi connectivity index (χ0) is 25.7. The predicted octanol–water partition coefficient (Wildman–Crippen LogP) is 7.16. The van der Waals surface area contributed by atoms with Crippen LogP contribution in [0, 0.1) is 18.3 Å². The van der Waals surface area contributed by atoms with Crippen LogP contribution in [0.5, 0.6) is 0 Å². The Morgan fingerprint density at radius 1 is 1.05 bits per heavy atom. The molecular weight excluding hydrogens is 460 g/mol. The minimum atomic E-state index is -0.215.